The van der Waals surface area contributed by atoms with E-state index in [4.69, 9.17) is 0 Å². The van der Waals surface area contributed by atoms with E-state index in [2.05, 4.69) is 76.2 Å². The fraction of sp³-hybridized carbons (Fsp3) is 0.240. The molecule has 2 amide bonds. The summed E-state index contributed by atoms with van der Waals surface area (Å²) >= 11 is 0. The van der Waals surface area contributed by atoms with Crippen LogP contribution in [0.5, 0.6) is 0 Å². The largest absolute Gasteiger partial charge is 0.335 e. The molecule has 4 heteroatoms. The second-order valence-corrected chi connectivity index (χ2v) is 7.50. The number of para-hydroxylation sites is 1. The first kappa shape index (κ1) is 19.2. The molecule has 29 heavy (non-hydrogen) atoms. The van der Waals surface area contributed by atoms with Crippen molar-refractivity contribution >= 4 is 11.7 Å². The van der Waals surface area contributed by atoms with Crippen LogP contribution in [0.25, 0.3) is 0 Å². The summed E-state index contributed by atoms with van der Waals surface area (Å²) < 4.78 is 0. The summed E-state index contributed by atoms with van der Waals surface area (Å²) in [7, 11) is 0. The number of hydrogen-bond donors (Lipinski definition) is 2. The molecule has 3 aromatic rings. The van der Waals surface area contributed by atoms with E-state index in [-0.39, 0.29) is 18.1 Å². The first-order valence-electron chi connectivity index (χ1n) is 10.3. The first-order valence-corrected chi connectivity index (χ1v) is 10.3. The average molecular weight is 386 g/mol. The highest BCUT2D eigenvalue weighted by molar-refractivity contribution is 5.89. The van der Waals surface area contributed by atoms with Crippen LogP contribution >= 0.6 is 0 Å². The van der Waals surface area contributed by atoms with E-state index in [1.165, 1.54) is 11.1 Å². The Morgan fingerprint density at radius 3 is 1.76 bits per heavy atom. The number of hydrogen-bond acceptors (Lipinski definition) is 2. The fourth-order valence-corrected chi connectivity index (χ4v) is 4.06. The average Bonchev–Trinajstić information content (AvgIpc) is 2.77. The lowest BCUT2D eigenvalue weighted by Crippen LogP contribution is -2.47. The summed E-state index contributed by atoms with van der Waals surface area (Å²) in [6, 6.07) is 31.2. The molecule has 1 aliphatic rings. The number of likely N-dealkylation sites (tertiary alicyclic amines) is 1. The minimum absolute atomic E-state index is 0.127. The van der Waals surface area contributed by atoms with Gasteiger partial charge in [-0.15, -0.1) is 0 Å². The zero-order valence-corrected chi connectivity index (χ0v) is 16.5. The van der Waals surface area contributed by atoms with Crippen molar-refractivity contribution in [3.63, 3.8) is 0 Å². The van der Waals surface area contributed by atoms with Crippen LogP contribution in [0.3, 0.4) is 0 Å². The summed E-state index contributed by atoms with van der Waals surface area (Å²) in [5.41, 5.74) is 3.44. The van der Waals surface area contributed by atoms with Crippen LogP contribution in [0.1, 0.15) is 30.0 Å². The van der Waals surface area contributed by atoms with Crippen molar-refractivity contribution < 1.29 is 4.79 Å². The van der Waals surface area contributed by atoms with Gasteiger partial charge in [0.15, 0.2) is 0 Å². The third-order valence-electron chi connectivity index (χ3n) is 5.49. The molecular weight excluding hydrogens is 358 g/mol. The monoisotopic (exact) mass is 385 g/mol. The second-order valence-electron chi connectivity index (χ2n) is 7.50. The Balaban J connectivity index is 1.39. The molecule has 0 saturated carbocycles. The van der Waals surface area contributed by atoms with Crippen LogP contribution in [-0.2, 0) is 0 Å². The van der Waals surface area contributed by atoms with Gasteiger partial charge >= 0.3 is 6.03 Å². The lowest BCUT2D eigenvalue weighted by atomic mass is 9.94. The van der Waals surface area contributed by atoms with Gasteiger partial charge in [0.2, 0.25) is 0 Å². The van der Waals surface area contributed by atoms with Crippen molar-refractivity contribution in [1.82, 2.24) is 10.2 Å². The molecule has 1 aliphatic heterocycles. The maximum absolute atomic E-state index is 12.3. The van der Waals surface area contributed by atoms with E-state index in [1.54, 1.807) is 0 Å². The third kappa shape index (κ3) is 5.04. The quantitative estimate of drug-likeness (QED) is 0.645. The number of nitrogens with zero attached hydrogens (tertiary/aromatic N) is 1. The number of amides is 2. The van der Waals surface area contributed by atoms with Crippen LogP contribution in [0.2, 0.25) is 0 Å². The molecule has 0 bridgehead atoms. The highest BCUT2D eigenvalue weighted by atomic mass is 16.2. The van der Waals surface area contributed by atoms with E-state index in [0.29, 0.717) is 0 Å². The number of nitrogens with one attached hydrogen (secondary N) is 2. The van der Waals surface area contributed by atoms with Gasteiger partial charge in [-0.2, -0.15) is 0 Å². The number of piperidine rings is 1. The molecule has 2 N–H and O–H groups in total. The van der Waals surface area contributed by atoms with Gasteiger partial charge in [-0.1, -0.05) is 78.9 Å². The topological polar surface area (TPSA) is 44.4 Å². The zero-order chi connectivity index (χ0) is 19.9. The van der Waals surface area contributed by atoms with Gasteiger partial charge in [-0.05, 0) is 36.1 Å². The van der Waals surface area contributed by atoms with Gasteiger partial charge in [0, 0.05) is 24.8 Å². The highest BCUT2D eigenvalue weighted by Crippen LogP contribution is 2.31. The Bertz CT molecular complexity index is 852. The molecule has 4 rings (SSSR count). The van der Waals surface area contributed by atoms with E-state index < -0.39 is 0 Å². The maximum Gasteiger partial charge on any atom is 0.319 e. The van der Waals surface area contributed by atoms with Gasteiger partial charge in [0.25, 0.3) is 0 Å². The van der Waals surface area contributed by atoms with Crippen molar-refractivity contribution in [1.29, 1.82) is 0 Å². The number of carbonyl (C=O) groups excluding carboxylic acids is 1. The van der Waals surface area contributed by atoms with E-state index in [0.717, 1.165) is 31.6 Å². The van der Waals surface area contributed by atoms with Crippen LogP contribution in [0.4, 0.5) is 10.5 Å². The molecule has 4 nitrogen and oxygen atoms in total. The number of anilines is 1. The van der Waals surface area contributed by atoms with Crippen molar-refractivity contribution in [3.8, 4) is 0 Å². The Morgan fingerprint density at radius 2 is 1.24 bits per heavy atom. The normalized spacial score (nSPS) is 15.2. The Morgan fingerprint density at radius 1 is 0.759 bits per heavy atom. The Kier molecular flexibility index (Phi) is 6.22. The second kappa shape index (κ2) is 9.39. The molecule has 0 aliphatic carbocycles. The van der Waals surface area contributed by atoms with Crippen LogP contribution < -0.4 is 10.6 Å². The SMILES string of the molecule is O=C(Nc1ccccc1)NC1CCN(C(c2ccccc2)c2ccccc2)CC1. The molecule has 0 aromatic heterocycles. The Labute approximate surface area is 172 Å². The Hall–Kier alpha value is -3.11. The predicted octanol–water partition coefficient (Wildman–Crippen LogP) is 5.06. The van der Waals surface area contributed by atoms with E-state index in [1.807, 2.05) is 30.3 Å². The summed E-state index contributed by atoms with van der Waals surface area (Å²) in [5.74, 6) is 0. The standard InChI is InChI=1S/C25H27N3O/c29-25(26-22-14-8-3-9-15-22)27-23-16-18-28(19-17-23)24(20-10-4-1-5-11-20)21-12-6-2-7-13-21/h1-15,23-24H,16-19H2,(H2,26,27,29). The summed E-state index contributed by atoms with van der Waals surface area (Å²) in [6.45, 7) is 1.90. The molecule has 0 spiro atoms. The van der Waals surface area contributed by atoms with E-state index >= 15 is 0 Å². The lowest BCUT2D eigenvalue weighted by Gasteiger charge is -2.38. The summed E-state index contributed by atoms with van der Waals surface area (Å²) in [6.07, 6.45) is 1.89. The molecule has 0 unspecified atom stereocenters. The van der Waals surface area contributed by atoms with Crippen molar-refractivity contribution in [2.75, 3.05) is 18.4 Å². The highest BCUT2D eigenvalue weighted by Gasteiger charge is 2.27. The minimum atomic E-state index is -0.127. The van der Waals surface area contributed by atoms with Gasteiger partial charge in [0.05, 0.1) is 6.04 Å². The fourth-order valence-electron chi connectivity index (χ4n) is 4.06. The number of rotatable bonds is 5. The van der Waals surface area contributed by atoms with Crippen molar-refractivity contribution in [2.24, 2.45) is 0 Å². The first-order chi connectivity index (χ1) is 14.3. The number of benzene rings is 3. The minimum Gasteiger partial charge on any atom is -0.335 e. The van der Waals surface area contributed by atoms with Crippen LogP contribution in [0.15, 0.2) is 91.0 Å². The summed E-state index contributed by atoms with van der Waals surface area (Å²) in [4.78, 5) is 14.8. The van der Waals surface area contributed by atoms with Gasteiger partial charge in [-0.3, -0.25) is 4.90 Å². The van der Waals surface area contributed by atoms with Crippen LogP contribution in [0, 0.1) is 0 Å². The molecule has 0 atom stereocenters. The lowest BCUT2D eigenvalue weighted by molar-refractivity contribution is 0.164. The zero-order valence-electron chi connectivity index (χ0n) is 16.5. The molecule has 3 aromatic carbocycles. The molecule has 148 valence electrons. The molecule has 1 heterocycles. The van der Waals surface area contributed by atoms with Crippen molar-refractivity contribution in [3.05, 3.63) is 102 Å². The molecule has 0 radical (unpaired) electrons. The predicted molar refractivity (Wildman–Crippen MR) is 118 cm³/mol. The molecular formula is C25H27N3O. The van der Waals surface area contributed by atoms with Gasteiger partial charge in [0.1, 0.15) is 0 Å². The third-order valence-corrected chi connectivity index (χ3v) is 5.49. The molecule has 1 saturated heterocycles. The number of carbonyl (C=O) groups is 1. The van der Waals surface area contributed by atoms with Crippen molar-refractivity contribution in [2.45, 2.75) is 24.9 Å². The van der Waals surface area contributed by atoms with Gasteiger partial charge < -0.3 is 10.6 Å². The van der Waals surface area contributed by atoms with Gasteiger partial charge in [-0.25, -0.2) is 4.79 Å². The maximum atomic E-state index is 12.3. The molecule has 1 fully saturated rings. The smallest absolute Gasteiger partial charge is 0.319 e. The summed E-state index contributed by atoms with van der Waals surface area (Å²) in [5, 5.41) is 6.04. The number of urea groups is 1. The van der Waals surface area contributed by atoms with E-state index in [9.17, 15) is 4.79 Å². The van der Waals surface area contributed by atoms with Crippen LogP contribution in [-0.4, -0.2) is 30.1 Å².